The third kappa shape index (κ3) is 8.12. The fourth-order valence-electron chi connectivity index (χ4n) is 4.62. The molecule has 3 aliphatic rings. The van der Waals surface area contributed by atoms with Crippen molar-refractivity contribution in [1.29, 1.82) is 0 Å². The highest BCUT2D eigenvalue weighted by Gasteiger charge is 2.38. The van der Waals surface area contributed by atoms with Crippen molar-refractivity contribution >= 4 is 29.9 Å². The Bertz CT molecular complexity index is 463. The molecule has 1 saturated carbocycles. The molecular formula is C21H41IN4O3. The van der Waals surface area contributed by atoms with Crippen LogP contribution in [0.15, 0.2) is 4.99 Å². The quantitative estimate of drug-likeness (QED) is 0.209. The van der Waals surface area contributed by atoms with Crippen LogP contribution in [0.25, 0.3) is 0 Å². The lowest BCUT2D eigenvalue weighted by atomic mass is 9.80. The Balaban J connectivity index is 0.00000300. The van der Waals surface area contributed by atoms with Crippen molar-refractivity contribution in [1.82, 2.24) is 15.5 Å². The summed E-state index contributed by atoms with van der Waals surface area (Å²) in [5.41, 5.74) is 0.209. The largest absolute Gasteiger partial charge is 0.379 e. The number of rotatable bonds is 9. The van der Waals surface area contributed by atoms with E-state index in [9.17, 15) is 0 Å². The molecule has 1 atom stereocenters. The molecule has 7 nitrogen and oxygen atoms in total. The molecule has 0 bridgehead atoms. The molecule has 0 radical (unpaired) electrons. The average molecular weight is 524 g/mol. The molecule has 1 aliphatic carbocycles. The second-order valence-corrected chi connectivity index (χ2v) is 8.22. The third-order valence-corrected chi connectivity index (χ3v) is 6.21. The number of nitrogens with zero attached hydrogens (tertiary/aromatic N) is 2. The van der Waals surface area contributed by atoms with E-state index in [1.54, 1.807) is 0 Å². The van der Waals surface area contributed by atoms with Gasteiger partial charge in [-0.3, -0.25) is 9.89 Å². The number of morpholine rings is 1. The van der Waals surface area contributed by atoms with Crippen LogP contribution in [0, 0.1) is 0 Å². The maximum absolute atomic E-state index is 5.76. The highest BCUT2D eigenvalue weighted by atomic mass is 127. The molecule has 2 aliphatic heterocycles. The maximum atomic E-state index is 5.76. The molecule has 2 saturated heterocycles. The van der Waals surface area contributed by atoms with Gasteiger partial charge in [0.1, 0.15) is 0 Å². The van der Waals surface area contributed by atoms with E-state index in [2.05, 4.69) is 22.5 Å². The Morgan fingerprint density at radius 1 is 1.10 bits per heavy atom. The van der Waals surface area contributed by atoms with Crippen molar-refractivity contribution in [3.8, 4) is 0 Å². The average Bonchev–Trinajstić information content (AvgIpc) is 3.26. The Morgan fingerprint density at radius 3 is 2.59 bits per heavy atom. The van der Waals surface area contributed by atoms with Gasteiger partial charge in [0.2, 0.25) is 0 Å². The van der Waals surface area contributed by atoms with Crippen LogP contribution in [0.5, 0.6) is 0 Å². The van der Waals surface area contributed by atoms with Crippen LogP contribution >= 0.6 is 24.0 Å². The minimum atomic E-state index is 0. The summed E-state index contributed by atoms with van der Waals surface area (Å²) >= 11 is 0. The van der Waals surface area contributed by atoms with Crippen LogP contribution in [0.1, 0.15) is 51.9 Å². The maximum Gasteiger partial charge on any atom is 0.191 e. The number of hydrogen-bond acceptors (Lipinski definition) is 5. The van der Waals surface area contributed by atoms with E-state index in [-0.39, 0.29) is 29.5 Å². The van der Waals surface area contributed by atoms with Gasteiger partial charge in [0, 0.05) is 38.3 Å². The van der Waals surface area contributed by atoms with Crippen molar-refractivity contribution in [3.05, 3.63) is 0 Å². The lowest BCUT2D eigenvalue weighted by Gasteiger charge is -2.47. The molecule has 0 aromatic heterocycles. The lowest BCUT2D eigenvalue weighted by Crippen LogP contribution is -2.56. The van der Waals surface area contributed by atoms with Gasteiger partial charge >= 0.3 is 0 Å². The molecule has 0 aromatic carbocycles. The second kappa shape index (κ2) is 14.0. The molecule has 29 heavy (non-hydrogen) atoms. The van der Waals surface area contributed by atoms with Gasteiger partial charge in [0.25, 0.3) is 0 Å². The first-order valence-electron chi connectivity index (χ1n) is 11.4. The predicted molar refractivity (Wildman–Crippen MR) is 127 cm³/mol. The summed E-state index contributed by atoms with van der Waals surface area (Å²) in [7, 11) is 0. The van der Waals surface area contributed by atoms with Crippen LogP contribution in [0.4, 0.5) is 0 Å². The molecule has 0 aromatic rings. The van der Waals surface area contributed by atoms with Gasteiger partial charge in [-0.1, -0.05) is 19.3 Å². The van der Waals surface area contributed by atoms with Crippen molar-refractivity contribution in [2.75, 3.05) is 65.8 Å². The topological polar surface area (TPSA) is 67.4 Å². The number of nitrogens with one attached hydrogen (secondary N) is 2. The first kappa shape index (κ1) is 25.1. The number of halogens is 1. The minimum absolute atomic E-state index is 0. The standard InChI is InChI=1S/C21H40N4O3.HI/c1-2-22-20(23-10-14-27-17-19-7-6-13-28-19)24-18-21(8-4-3-5-9-21)25-11-15-26-16-12-25;/h19H,2-18H2,1H3,(H2,22,23,24);1H. The van der Waals surface area contributed by atoms with E-state index in [1.807, 2.05) is 0 Å². The highest BCUT2D eigenvalue weighted by molar-refractivity contribution is 14.0. The summed E-state index contributed by atoms with van der Waals surface area (Å²) in [6.45, 7) is 10.7. The van der Waals surface area contributed by atoms with E-state index in [0.29, 0.717) is 19.3 Å². The van der Waals surface area contributed by atoms with Gasteiger partial charge in [-0.25, -0.2) is 0 Å². The van der Waals surface area contributed by atoms with Gasteiger partial charge in [-0.2, -0.15) is 0 Å². The summed E-state index contributed by atoms with van der Waals surface area (Å²) in [6, 6.07) is 0. The Kier molecular flexibility index (Phi) is 12.1. The predicted octanol–water partition coefficient (Wildman–Crippen LogP) is 2.39. The van der Waals surface area contributed by atoms with Crippen molar-refractivity contribution in [3.63, 3.8) is 0 Å². The zero-order chi connectivity index (χ0) is 19.5. The Hall–Kier alpha value is -0.160. The number of ether oxygens (including phenoxy) is 3. The first-order chi connectivity index (χ1) is 13.8. The molecule has 8 heteroatoms. The van der Waals surface area contributed by atoms with Gasteiger partial charge in [0.15, 0.2) is 5.96 Å². The van der Waals surface area contributed by atoms with Crippen LogP contribution in [-0.4, -0.2) is 88.3 Å². The van der Waals surface area contributed by atoms with Gasteiger partial charge in [0.05, 0.1) is 39.1 Å². The number of guanidine groups is 1. The summed E-state index contributed by atoms with van der Waals surface area (Å²) < 4.78 is 16.9. The van der Waals surface area contributed by atoms with Crippen LogP contribution in [0.3, 0.4) is 0 Å². The monoisotopic (exact) mass is 524 g/mol. The number of hydrogen-bond donors (Lipinski definition) is 2. The lowest BCUT2D eigenvalue weighted by molar-refractivity contribution is -0.0333. The summed E-state index contributed by atoms with van der Waals surface area (Å²) in [4.78, 5) is 7.64. The van der Waals surface area contributed by atoms with Crippen molar-refractivity contribution in [2.24, 2.45) is 4.99 Å². The zero-order valence-corrected chi connectivity index (χ0v) is 20.5. The summed E-state index contributed by atoms with van der Waals surface area (Å²) in [5.74, 6) is 0.904. The highest BCUT2D eigenvalue weighted by Crippen LogP contribution is 2.34. The van der Waals surface area contributed by atoms with Gasteiger partial charge in [-0.15, -0.1) is 24.0 Å². The zero-order valence-electron chi connectivity index (χ0n) is 18.1. The molecule has 170 valence electrons. The van der Waals surface area contributed by atoms with Crippen LogP contribution in [-0.2, 0) is 14.2 Å². The molecule has 3 rings (SSSR count). The Morgan fingerprint density at radius 2 is 1.90 bits per heavy atom. The fourth-order valence-corrected chi connectivity index (χ4v) is 4.62. The molecular weight excluding hydrogens is 483 g/mol. The summed E-state index contributed by atoms with van der Waals surface area (Å²) in [6.07, 6.45) is 9.07. The first-order valence-corrected chi connectivity index (χ1v) is 11.4. The van der Waals surface area contributed by atoms with Crippen LogP contribution in [0.2, 0.25) is 0 Å². The van der Waals surface area contributed by atoms with Crippen molar-refractivity contribution in [2.45, 2.75) is 63.5 Å². The molecule has 2 N–H and O–H groups in total. The molecule has 0 spiro atoms. The smallest absolute Gasteiger partial charge is 0.191 e. The second-order valence-electron chi connectivity index (χ2n) is 8.22. The van der Waals surface area contributed by atoms with E-state index in [1.165, 1.54) is 32.1 Å². The normalized spacial score (nSPS) is 25.4. The molecule has 3 fully saturated rings. The van der Waals surface area contributed by atoms with E-state index in [0.717, 1.165) is 71.3 Å². The van der Waals surface area contributed by atoms with E-state index < -0.39 is 0 Å². The third-order valence-electron chi connectivity index (χ3n) is 6.21. The van der Waals surface area contributed by atoms with Crippen LogP contribution < -0.4 is 10.6 Å². The Labute approximate surface area is 193 Å². The van der Waals surface area contributed by atoms with Crippen molar-refractivity contribution < 1.29 is 14.2 Å². The summed E-state index contributed by atoms with van der Waals surface area (Å²) in [5, 5.41) is 6.83. The molecule has 2 heterocycles. The SMILES string of the molecule is CCNC(=NCC1(N2CCOCC2)CCCCC1)NCCOCC1CCCO1.I. The van der Waals surface area contributed by atoms with E-state index in [4.69, 9.17) is 19.2 Å². The minimum Gasteiger partial charge on any atom is -0.379 e. The number of aliphatic imine (C=N–C) groups is 1. The van der Waals surface area contributed by atoms with E-state index >= 15 is 0 Å². The fraction of sp³-hybridized carbons (Fsp3) is 0.952. The van der Waals surface area contributed by atoms with Gasteiger partial charge in [-0.05, 0) is 32.6 Å². The molecule has 1 unspecified atom stereocenters. The molecule has 0 amide bonds. The van der Waals surface area contributed by atoms with Gasteiger partial charge < -0.3 is 24.8 Å².